The summed E-state index contributed by atoms with van der Waals surface area (Å²) >= 11 is 0. The average molecular weight is 382 g/mol. The van der Waals surface area contributed by atoms with Gasteiger partial charge in [0.15, 0.2) is 0 Å². The van der Waals surface area contributed by atoms with Gasteiger partial charge in [-0.15, -0.1) is 0 Å². The maximum atomic E-state index is 12.6. The maximum absolute atomic E-state index is 12.6. The fraction of sp³-hybridized carbons (Fsp3) is 0.200. The lowest BCUT2D eigenvalue weighted by atomic mass is 10.1. The second kappa shape index (κ2) is 9.98. The zero-order valence-corrected chi connectivity index (χ0v) is 15.7. The minimum absolute atomic E-state index is 0.00751. The van der Waals surface area contributed by atoms with Crippen molar-refractivity contribution < 1.29 is 14.5 Å². The van der Waals surface area contributed by atoms with Crippen LogP contribution in [0.1, 0.15) is 15.9 Å². The van der Waals surface area contributed by atoms with Gasteiger partial charge >= 0.3 is 0 Å². The highest BCUT2D eigenvalue weighted by Gasteiger charge is 2.15. The van der Waals surface area contributed by atoms with Gasteiger partial charge in [0.1, 0.15) is 5.70 Å². The van der Waals surface area contributed by atoms with E-state index >= 15 is 0 Å². The van der Waals surface area contributed by atoms with Crippen molar-refractivity contribution in [2.45, 2.75) is 0 Å². The monoisotopic (exact) mass is 382 g/mol. The van der Waals surface area contributed by atoms with Crippen LogP contribution in [0.5, 0.6) is 0 Å². The molecule has 0 atom stereocenters. The average Bonchev–Trinajstić information content (AvgIpc) is 2.68. The van der Waals surface area contributed by atoms with Gasteiger partial charge in [0.25, 0.3) is 17.5 Å². The third kappa shape index (κ3) is 6.33. The van der Waals surface area contributed by atoms with Gasteiger partial charge in [-0.05, 0) is 37.9 Å². The first-order chi connectivity index (χ1) is 13.4. The van der Waals surface area contributed by atoms with Gasteiger partial charge in [0.2, 0.25) is 0 Å². The molecule has 0 aliphatic heterocycles. The highest BCUT2D eigenvalue weighted by atomic mass is 16.6. The summed E-state index contributed by atoms with van der Waals surface area (Å²) in [5, 5.41) is 16.3. The summed E-state index contributed by atoms with van der Waals surface area (Å²) < 4.78 is 0. The van der Waals surface area contributed by atoms with Crippen LogP contribution in [0.4, 0.5) is 5.69 Å². The summed E-state index contributed by atoms with van der Waals surface area (Å²) in [6.07, 6.45) is 1.42. The second-order valence-corrected chi connectivity index (χ2v) is 6.29. The molecule has 8 nitrogen and oxygen atoms in total. The Kier molecular flexibility index (Phi) is 7.41. The number of nitrogens with one attached hydrogen (secondary N) is 2. The van der Waals surface area contributed by atoms with Crippen LogP contribution in [0.25, 0.3) is 6.08 Å². The quantitative estimate of drug-likeness (QED) is 0.413. The van der Waals surface area contributed by atoms with Crippen molar-refractivity contribution in [3.8, 4) is 0 Å². The molecule has 2 N–H and O–H groups in total. The molecule has 2 aromatic carbocycles. The van der Waals surface area contributed by atoms with Crippen LogP contribution in [0.2, 0.25) is 0 Å². The molecule has 0 saturated heterocycles. The molecule has 28 heavy (non-hydrogen) atoms. The van der Waals surface area contributed by atoms with E-state index in [0.29, 0.717) is 24.2 Å². The van der Waals surface area contributed by atoms with E-state index in [9.17, 15) is 19.7 Å². The van der Waals surface area contributed by atoms with Crippen molar-refractivity contribution >= 4 is 23.6 Å². The number of rotatable bonds is 8. The maximum Gasteiger partial charge on any atom is 0.270 e. The van der Waals surface area contributed by atoms with E-state index in [1.54, 1.807) is 36.4 Å². The van der Waals surface area contributed by atoms with Gasteiger partial charge < -0.3 is 15.5 Å². The molecule has 0 saturated carbocycles. The molecular formula is C20H22N4O4. The number of hydrogen-bond donors (Lipinski definition) is 2. The van der Waals surface area contributed by atoms with Crippen LogP contribution in [0.15, 0.2) is 60.3 Å². The van der Waals surface area contributed by atoms with E-state index in [-0.39, 0.29) is 11.4 Å². The second-order valence-electron chi connectivity index (χ2n) is 6.29. The van der Waals surface area contributed by atoms with Crippen molar-refractivity contribution in [1.82, 2.24) is 15.5 Å². The van der Waals surface area contributed by atoms with E-state index in [1.807, 2.05) is 19.0 Å². The first kappa shape index (κ1) is 20.8. The molecule has 146 valence electrons. The molecule has 2 amide bonds. The molecule has 8 heteroatoms. The minimum atomic E-state index is -0.517. The fourth-order valence-corrected chi connectivity index (χ4v) is 2.33. The molecule has 0 bridgehead atoms. The van der Waals surface area contributed by atoms with Gasteiger partial charge in [0, 0.05) is 30.8 Å². The molecule has 0 aromatic heterocycles. The number of nitro benzene ring substituents is 1. The first-order valence-electron chi connectivity index (χ1n) is 8.62. The van der Waals surface area contributed by atoms with Crippen LogP contribution in [0, 0.1) is 10.1 Å². The Hall–Kier alpha value is -3.52. The summed E-state index contributed by atoms with van der Waals surface area (Å²) in [7, 11) is 3.76. The van der Waals surface area contributed by atoms with Crippen molar-refractivity contribution in [3.63, 3.8) is 0 Å². The molecule has 2 rings (SSSR count). The molecule has 0 radical (unpaired) electrons. The van der Waals surface area contributed by atoms with Gasteiger partial charge in [-0.2, -0.15) is 0 Å². The molecule has 0 unspecified atom stereocenters. The molecule has 0 aliphatic carbocycles. The van der Waals surface area contributed by atoms with E-state index in [2.05, 4.69) is 10.6 Å². The predicted molar refractivity (Wildman–Crippen MR) is 107 cm³/mol. The molecule has 2 aromatic rings. The van der Waals surface area contributed by atoms with E-state index in [0.717, 1.165) is 0 Å². The Morgan fingerprint density at radius 1 is 1.11 bits per heavy atom. The highest BCUT2D eigenvalue weighted by Crippen LogP contribution is 2.15. The van der Waals surface area contributed by atoms with Crippen LogP contribution in [0.3, 0.4) is 0 Å². The number of carbonyl (C=O) groups is 2. The van der Waals surface area contributed by atoms with Crippen molar-refractivity contribution in [1.29, 1.82) is 0 Å². The normalized spacial score (nSPS) is 11.2. The molecule has 0 fully saturated rings. The molecule has 0 heterocycles. The summed E-state index contributed by atoms with van der Waals surface area (Å²) in [5.41, 5.74) is 0.734. The summed E-state index contributed by atoms with van der Waals surface area (Å²) in [6, 6.07) is 14.3. The largest absolute Gasteiger partial charge is 0.349 e. The smallest absolute Gasteiger partial charge is 0.270 e. The number of nitrogens with zero attached hydrogens (tertiary/aromatic N) is 2. The SMILES string of the molecule is CN(C)CCNC(=O)/C(=C\c1cccc([N+](=O)[O-])c1)NC(=O)c1ccccc1. The lowest BCUT2D eigenvalue weighted by molar-refractivity contribution is -0.384. The number of non-ortho nitro benzene ring substituents is 1. The van der Waals surface area contributed by atoms with Gasteiger partial charge in [-0.3, -0.25) is 19.7 Å². The Bertz CT molecular complexity index is 879. The molecule has 0 aliphatic rings. The fourth-order valence-electron chi connectivity index (χ4n) is 2.33. The van der Waals surface area contributed by atoms with Gasteiger partial charge in [-0.1, -0.05) is 30.3 Å². The number of amides is 2. The Labute approximate surface area is 163 Å². The van der Waals surface area contributed by atoms with Crippen LogP contribution in [-0.4, -0.2) is 48.8 Å². The van der Waals surface area contributed by atoms with Crippen molar-refractivity contribution in [2.75, 3.05) is 27.2 Å². The molecular weight excluding hydrogens is 360 g/mol. The minimum Gasteiger partial charge on any atom is -0.349 e. The predicted octanol–water partition coefficient (Wildman–Crippen LogP) is 2.04. The van der Waals surface area contributed by atoms with Crippen LogP contribution >= 0.6 is 0 Å². The van der Waals surface area contributed by atoms with E-state index in [4.69, 9.17) is 0 Å². The number of carbonyl (C=O) groups excluding carboxylic acids is 2. The number of hydrogen-bond acceptors (Lipinski definition) is 5. The topological polar surface area (TPSA) is 105 Å². The Morgan fingerprint density at radius 3 is 2.46 bits per heavy atom. The van der Waals surface area contributed by atoms with Crippen LogP contribution in [-0.2, 0) is 4.79 Å². The summed E-state index contributed by atoms with van der Waals surface area (Å²) in [4.78, 5) is 37.4. The lowest BCUT2D eigenvalue weighted by Gasteiger charge is -2.13. The zero-order chi connectivity index (χ0) is 20.5. The Balaban J connectivity index is 2.27. The van der Waals surface area contributed by atoms with E-state index < -0.39 is 16.7 Å². The van der Waals surface area contributed by atoms with Gasteiger partial charge in [0.05, 0.1) is 4.92 Å². The highest BCUT2D eigenvalue weighted by molar-refractivity contribution is 6.05. The van der Waals surface area contributed by atoms with Crippen LogP contribution < -0.4 is 10.6 Å². The third-order valence-corrected chi connectivity index (χ3v) is 3.77. The summed E-state index contributed by atoms with van der Waals surface area (Å²) in [6.45, 7) is 1.02. The zero-order valence-electron chi connectivity index (χ0n) is 15.7. The number of nitro groups is 1. The lowest BCUT2D eigenvalue weighted by Crippen LogP contribution is -2.37. The first-order valence-corrected chi connectivity index (χ1v) is 8.62. The van der Waals surface area contributed by atoms with Crippen molar-refractivity contribution in [2.24, 2.45) is 0 Å². The van der Waals surface area contributed by atoms with Crippen molar-refractivity contribution in [3.05, 3.63) is 81.5 Å². The summed E-state index contributed by atoms with van der Waals surface area (Å²) in [5.74, 6) is -0.919. The van der Waals surface area contributed by atoms with E-state index in [1.165, 1.54) is 24.3 Å². The number of likely N-dealkylation sites (N-methyl/N-ethyl adjacent to an activating group) is 1. The molecule has 0 spiro atoms. The Morgan fingerprint density at radius 2 is 1.82 bits per heavy atom. The number of benzene rings is 2. The van der Waals surface area contributed by atoms with Gasteiger partial charge in [-0.25, -0.2) is 0 Å². The third-order valence-electron chi connectivity index (χ3n) is 3.77. The standard InChI is InChI=1S/C20H22N4O4/c1-23(2)12-11-21-20(26)18(22-19(25)16-8-4-3-5-9-16)14-15-7-6-10-17(13-15)24(27)28/h3-10,13-14H,11-12H2,1-2H3,(H,21,26)(H,22,25)/b18-14+.